The third-order valence-electron chi connectivity index (χ3n) is 26.7. The van der Waals surface area contributed by atoms with Crippen LogP contribution < -0.4 is 77.6 Å². The van der Waals surface area contributed by atoms with Gasteiger partial charge >= 0.3 is 0 Å². The van der Waals surface area contributed by atoms with Gasteiger partial charge in [0.05, 0.1) is 27.8 Å². The second kappa shape index (κ2) is 30.0. The van der Waals surface area contributed by atoms with Crippen molar-refractivity contribution in [1.29, 1.82) is 0 Å². The van der Waals surface area contributed by atoms with Gasteiger partial charge in [-0.1, -0.05) is 340 Å². The highest BCUT2D eigenvalue weighted by Gasteiger charge is 2.46. The Kier molecular flexibility index (Phi) is 17.2. The second-order valence-electron chi connectivity index (χ2n) is 33.8. The molecule has 0 N–H and O–H groups in total. The van der Waals surface area contributed by atoms with Crippen LogP contribution in [0.4, 0.5) is 0 Å². The number of para-hydroxylation sites is 9. The fourth-order valence-corrected chi connectivity index (χ4v) is 21.0. The zero-order valence-electron chi connectivity index (χ0n) is 69.7. The maximum absolute atomic E-state index is 7.14. The highest BCUT2D eigenvalue weighted by molar-refractivity contribution is 7.00. The number of rotatable bonds is 8. The van der Waals surface area contributed by atoms with Gasteiger partial charge in [0.15, 0.2) is 0 Å². The molecule has 0 atom stereocenters. The minimum absolute atomic E-state index is 0.0451. The molecule has 20 aromatic carbocycles. The number of benzene rings is 20. The zero-order valence-corrected chi connectivity index (χ0v) is 69.7. The van der Waals surface area contributed by atoms with Crippen molar-refractivity contribution in [1.82, 2.24) is 9.13 Å². The first kappa shape index (κ1) is 73.8. The fraction of sp³-hybridized carbons (Fsp3) is 0. The number of fused-ring (bicyclic) bond motifs is 19. The molecule has 0 aliphatic carbocycles. The van der Waals surface area contributed by atoms with Crippen molar-refractivity contribution in [3.05, 3.63) is 443 Å². The van der Waals surface area contributed by atoms with Crippen LogP contribution in [0.2, 0.25) is 0 Å². The van der Waals surface area contributed by atoms with E-state index in [9.17, 15) is 0 Å². The van der Waals surface area contributed by atoms with Gasteiger partial charge in [0.1, 0.15) is 69.0 Å². The van der Waals surface area contributed by atoms with Crippen molar-refractivity contribution in [2.75, 3.05) is 0 Å². The summed E-state index contributed by atoms with van der Waals surface area (Å²) in [5, 5.41) is 7.34. The van der Waals surface area contributed by atoms with Crippen molar-refractivity contribution < 1.29 is 28.4 Å². The Morgan fingerprint density at radius 1 is 0.163 bits per heavy atom. The van der Waals surface area contributed by atoms with E-state index in [0.717, 1.165) is 180 Å². The van der Waals surface area contributed by atoms with Gasteiger partial charge in [0, 0.05) is 83.6 Å². The highest BCUT2D eigenvalue weighted by Crippen LogP contribution is 2.51. The van der Waals surface area contributed by atoms with E-state index >= 15 is 0 Å². The van der Waals surface area contributed by atoms with Gasteiger partial charge in [0.2, 0.25) is 0 Å². The molecule has 0 radical (unpaired) electrons. The first-order valence-electron chi connectivity index (χ1n) is 44.1. The predicted molar refractivity (Wildman–Crippen MR) is 531 cm³/mol. The summed E-state index contributed by atoms with van der Waals surface area (Å²) in [5.74, 6) is 10.5. The summed E-state index contributed by atoms with van der Waals surface area (Å²) >= 11 is 0. The Bertz CT molecular complexity index is 8100. The van der Waals surface area contributed by atoms with Crippen LogP contribution in [0.3, 0.4) is 0 Å². The molecule has 8 nitrogen and oxygen atoms in total. The molecule has 6 aliphatic rings. The van der Waals surface area contributed by atoms with E-state index < -0.39 is 0 Å². The monoisotopic (exact) mass is 1650 g/mol. The molecule has 22 aromatic rings. The third kappa shape index (κ3) is 12.0. The molecule has 0 fully saturated rings. The van der Waals surface area contributed by atoms with E-state index in [1.807, 2.05) is 24.3 Å². The maximum Gasteiger partial charge on any atom is 0.260 e. The van der Waals surface area contributed by atoms with Crippen molar-refractivity contribution in [3.63, 3.8) is 0 Å². The zero-order chi connectivity index (χ0) is 84.7. The molecule has 0 saturated carbocycles. The predicted octanol–water partition coefficient (Wildman–Crippen LogP) is 24.6. The number of aromatic nitrogens is 2. The van der Waals surface area contributed by atoms with Gasteiger partial charge in [-0.3, -0.25) is 0 Å². The standard InChI is InChI=1S/C48H29BN2O2.C42H27BO2.C28H17BO2/c1-2-12-32(13-3-1)50-40-18-8-4-14-34(40)36-26-30(22-24-42(36)50)31-23-25-43-37(27-31)35-15-5-9-19-41(35)51(43)33-28-46-48-47(29-33)53-45-21-11-7-17-39(45)49(48)38-16-6-10-20-44(38)52-46;1-5-15-28(16-6-1)32-23-13-25-36-39(32)44-41-34(30-19-9-3-10-20-30)27-35(31-21-11-4-12-22-31)42-38(41)43(36)37-26-14-24-33(40(37)45-42)29-17-7-2-8-18-29;1-2-10-19-18(8-1)9-7-11-20(19)21-16-17-26-27-28(21)31-25-15-6-4-13-23(25)29(27)22-12-3-5-14-24(22)30-26/h1-29H;1-27H;1-17H. The van der Waals surface area contributed by atoms with Crippen molar-refractivity contribution in [2.45, 2.75) is 0 Å². The van der Waals surface area contributed by atoms with Crippen LogP contribution in [0, 0.1) is 0 Å². The topological polar surface area (TPSA) is 65.2 Å². The Morgan fingerprint density at radius 3 is 1.02 bits per heavy atom. The molecule has 0 unspecified atom stereocenters. The minimum Gasteiger partial charge on any atom is -0.458 e. The molecule has 0 bridgehead atoms. The smallest absolute Gasteiger partial charge is 0.260 e. The number of ether oxygens (including phenoxy) is 6. The SMILES string of the molecule is c1ccc(-c2cccc3c2Oc2c(-c4ccccc4)cc(-c4ccccc4)c4c2B3c2cccc(-c3ccccc3)c2O4)cc1.c1ccc(-n2c3ccccc3c3cc(-c4ccc5c(c4)c4ccccc4n5-c4cc5c6c(c4)Oc4ccccc4B6c4ccccc4O5)ccc32)cc1.c1ccc2c(c1)Oc1ccc(-c3cccc4ccccc34)c3c1B2c1ccccc1O3. The summed E-state index contributed by atoms with van der Waals surface area (Å²) in [6.45, 7) is 0.0551. The van der Waals surface area contributed by atoms with Crippen molar-refractivity contribution in [3.8, 4) is 147 Å². The average molecular weight is 1650 g/mol. The lowest BCUT2D eigenvalue weighted by atomic mass is 9.34. The molecule has 0 saturated heterocycles. The summed E-state index contributed by atoms with van der Waals surface area (Å²) in [6, 6.07) is 156. The lowest BCUT2D eigenvalue weighted by molar-refractivity contribution is 0.464. The molecule has 129 heavy (non-hydrogen) atoms. The molecule has 8 heterocycles. The molecular formula is C118H73B3N2O6. The van der Waals surface area contributed by atoms with E-state index in [1.165, 1.54) is 71.0 Å². The minimum atomic E-state index is -0.0825. The Labute approximate surface area is 746 Å². The van der Waals surface area contributed by atoms with Crippen LogP contribution in [0.5, 0.6) is 69.0 Å². The van der Waals surface area contributed by atoms with Gasteiger partial charge in [-0.05, 0) is 173 Å². The number of hydrogen-bond donors (Lipinski definition) is 0. The van der Waals surface area contributed by atoms with Gasteiger partial charge < -0.3 is 37.6 Å². The molecule has 600 valence electrons. The molecule has 11 heteroatoms. The summed E-state index contributed by atoms with van der Waals surface area (Å²) in [7, 11) is 0. The normalized spacial score (nSPS) is 12.7. The lowest BCUT2D eigenvalue weighted by Gasteiger charge is -2.36. The van der Waals surface area contributed by atoms with Gasteiger partial charge in [0.25, 0.3) is 20.1 Å². The summed E-state index contributed by atoms with van der Waals surface area (Å²) in [5.41, 5.74) is 30.5. The van der Waals surface area contributed by atoms with Crippen LogP contribution in [0.15, 0.2) is 443 Å². The molecule has 0 amide bonds. The maximum atomic E-state index is 7.14. The largest absolute Gasteiger partial charge is 0.458 e. The quantitative estimate of drug-likeness (QED) is 0.141. The van der Waals surface area contributed by atoms with Crippen LogP contribution >= 0.6 is 0 Å². The Hall–Kier alpha value is -16.7. The summed E-state index contributed by atoms with van der Waals surface area (Å²) in [4.78, 5) is 0. The van der Waals surface area contributed by atoms with Crippen LogP contribution in [-0.4, -0.2) is 29.3 Å². The van der Waals surface area contributed by atoms with E-state index in [4.69, 9.17) is 28.4 Å². The summed E-state index contributed by atoms with van der Waals surface area (Å²) in [6.07, 6.45) is 0. The third-order valence-corrected chi connectivity index (χ3v) is 26.7. The molecule has 0 spiro atoms. The van der Waals surface area contributed by atoms with Gasteiger partial charge in [-0.2, -0.15) is 0 Å². The van der Waals surface area contributed by atoms with E-state index in [2.05, 4.69) is 428 Å². The molecular weight excluding hydrogens is 1570 g/mol. The van der Waals surface area contributed by atoms with Gasteiger partial charge in [-0.25, -0.2) is 0 Å². The van der Waals surface area contributed by atoms with Crippen LogP contribution in [0.25, 0.3) is 133 Å². The van der Waals surface area contributed by atoms with E-state index in [1.54, 1.807) is 0 Å². The average Bonchev–Trinajstić information content (AvgIpc) is 1.60. The molecule has 6 aliphatic heterocycles. The first-order chi connectivity index (χ1) is 64.0. The van der Waals surface area contributed by atoms with E-state index in [0.29, 0.717) is 0 Å². The lowest BCUT2D eigenvalue weighted by Crippen LogP contribution is -2.57. The van der Waals surface area contributed by atoms with E-state index in [-0.39, 0.29) is 20.1 Å². The Morgan fingerprint density at radius 2 is 0.519 bits per heavy atom. The molecule has 28 rings (SSSR count). The number of hydrogen-bond acceptors (Lipinski definition) is 6. The fourth-order valence-electron chi connectivity index (χ4n) is 21.0. The van der Waals surface area contributed by atoms with Crippen molar-refractivity contribution >= 4 is 124 Å². The van der Waals surface area contributed by atoms with Crippen LogP contribution in [-0.2, 0) is 0 Å². The van der Waals surface area contributed by atoms with Crippen LogP contribution in [0.1, 0.15) is 0 Å². The summed E-state index contributed by atoms with van der Waals surface area (Å²) < 4.78 is 45.3. The second-order valence-corrected chi connectivity index (χ2v) is 33.8. The first-order valence-corrected chi connectivity index (χ1v) is 44.1. The number of nitrogens with zero attached hydrogens (tertiary/aromatic N) is 2. The molecule has 2 aromatic heterocycles. The van der Waals surface area contributed by atoms with Crippen molar-refractivity contribution in [2.24, 2.45) is 0 Å². The highest BCUT2D eigenvalue weighted by atomic mass is 16.5. The van der Waals surface area contributed by atoms with Gasteiger partial charge in [-0.15, -0.1) is 0 Å². The Balaban J connectivity index is 0.000000106.